The Morgan fingerprint density at radius 1 is 0.788 bits per heavy atom. The van der Waals surface area contributed by atoms with Crippen molar-refractivity contribution in [1.29, 1.82) is 0 Å². The number of nitro benzene ring substituents is 1. The molecule has 0 saturated carbocycles. The molecule has 1 fully saturated rings. The van der Waals surface area contributed by atoms with Crippen LogP contribution in [-0.2, 0) is 7.05 Å². The van der Waals surface area contributed by atoms with Gasteiger partial charge < -0.3 is 19.8 Å². The molecule has 0 bridgehead atoms. The van der Waals surface area contributed by atoms with Gasteiger partial charge in [-0.15, -0.1) is 11.8 Å². The SMILES string of the molecule is Cn1cc(-c2cccc(N3CCN(c4ccc(NSc5ccc(NCCSc6ccccc6)c([N+](=O)[O-])c5)cc4)CC3)c2)c(-c2ccc(Cl)cc2)n1. The summed E-state index contributed by atoms with van der Waals surface area (Å²) in [6.07, 6.45) is 2.07. The number of aryl methyl sites for hydroxylation is 1. The van der Waals surface area contributed by atoms with E-state index in [1.807, 2.05) is 60.3 Å². The Kier molecular flexibility index (Phi) is 11.2. The molecular formula is C40H38ClN7O2S2. The van der Waals surface area contributed by atoms with E-state index < -0.39 is 0 Å². The van der Waals surface area contributed by atoms with Crippen molar-refractivity contribution < 1.29 is 4.92 Å². The van der Waals surface area contributed by atoms with E-state index in [-0.39, 0.29) is 10.6 Å². The van der Waals surface area contributed by atoms with E-state index in [9.17, 15) is 10.1 Å². The molecule has 5 aromatic carbocycles. The maximum absolute atomic E-state index is 11.9. The minimum absolute atomic E-state index is 0.0671. The Morgan fingerprint density at radius 3 is 2.25 bits per heavy atom. The molecule has 1 saturated heterocycles. The van der Waals surface area contributed by atoms with Crippen LogP contribution in [0.5, 0.6) is 0 Å². The monoisotopic (exact) mass is 747 g/mol. The maximum Gasteiger partial charge on any atom is 0.293 e. The normalized spacial score (nSPS) is 12.9. The lowest BCUT2D eigenvalue weighted by Crippen LogP contribution is -2.46. The van der Waals surface area contributed by atoms with Crippen LogP contribution in [-0.4, -0.2) is 53.2 Å². The predicted octanol–water partition coefficient (Wildman–Crippen LogP) is 9.97. The standard InChI is InChI=1S/C40H38ClN7O2S2/c1-45-28-37(40(43-45)29-10-12-31(41)13-11-29)30-6-5-7-34(26-30)47-23-21-46(22-24-47)33-16-14-32(15-17-33)44-52-36-18-19-38(39(27-36)48(49)50)42-20-25-51-35-8-3-2-4-9-35/h2-19,26-28,42,44H,20-25H2,1H3. The van der Waals surface area contributed by atoms with Crippen molar-refractivity contribution in [1.82, 2.24) is 9.78 Å². The average molecular weight is 748 g/mol. The highest BCUT2D eigenvalue weighted by Gasteiger charge is 2.20. The van der Waals surface area contributed by atoms with E-state index in [0.29, 0.717) is 17.3 Å². The molecule has 0 radical (unpaired) electrons. The second kappa shape index (κ2) is 16.5. The van der Waals surface area contributed by atoms with Gasteiger partial charge in [-0.3, -0.25) is 14.8 Å². The molecule has 1 aromatic heterocycles. The first kappa shape index (κ1) is 35.3. The van der Waals surface area contributed by atoms with Gasteiger partial charge in [0.2, 0.25) is 0 Å². The van der Waals surface area contributed by atoms with Crippen molar-refractivity contribution in [3.8, 4) is 22.4 Å². The topological polar surface area (TPSA) is 91.5 Å². The third-order valence-corrected chi connectivity index (χ3v) is 11.0. The van der Waals surface area contributed by atoms with Crippen LogP contribution in [0.25, 0.3) is 22.4 Å². The second-order valence-electron chi connectivity index (χ2n) is 12.4. The number of rotatable bonds is 13. The van der Waals surface area contributed by atoms with Gasteiger partial charge >= 0.3 is 0 Å². The van der Waals surface area contributed by atoms with Crippen LogP contribution in [0.2, 0.25) is 5.02 Å². The Labute approximate surface area is 317 Å². The van der Waals surface area contributed by atoms with Gasteiger partial charge in [0.15, 0.2) is 0 Å². The molecule has 0 atom stereocenters. The third-order valence-electron chi connectivity index (χ3n) is 8.86. The fraction of sp³-hybridized carbons (Fsp3) is 0.175. The molecule has 2 N–H and O–H groups in total. The van der Waals surface area contributed by atoms with E-state index in [1.165, 1.54) is 28.2 Å². The van der Waals surface area contributed by atoms with Crippen LogP contribution in [0.3, 0.4) is 0 Å². The number of hydrogen-bond acceptors (Lipinski definition) is 9. The van der Waals surface area contributed by atoms with Crippen LogP contribution >= 0.6 is 35.3 Å². The zero-order valence-electron chi connectivity index (χ0n) is 28.6. The molecule has 1 aliphatic rings. The highest BCUT2D eigenvalue weighted by Crippen LogP contribution is 2.35. The number of benzene rings is 5. The van der Waals surface area contributed by atoms with Crippen molar-refractivity contribution in [3.63, 3.8) is 0 Å². The molecule has 12 heteroatoms. The molecule has 0 spiro atoms. The molecule has 6 aromatic rings. The summed E-state index contributed by atoms with van der Waals surface area (Å²) in [7, 11) is 1.95. The van der Waals surface area contributed by atoms with Gasteiger partial charge in [0, 0.05) is 101 Å². The van der Waals surface area contributed by atoms with E-state index in [1.54, 1.807) is 23.9 Å². The van der Waals surface area contributed by atoms with Gasteiger partial charge in [-0.1, -0.05) is 54.1 Å². The highest BCUT2D eigenvalue weighted by atomic mass is 35.5. The predicted molar refractivity (Wildman–Crippen MR) is 218 cm³/mol. The number of nitro groups is 1. The van der Waals surface area contributed by atoms with Crippen LogP contribution < -0.4 is 19.8 Å². The molecule has 0 unspecified atom stereocenters. The molecule has 9 nitrogen and oxygen atoms in total. The Morgan fingerprint density at radius 2 is 1.52 bits per heavy atom. The summed E-state index contributed by atoms with van der Waals surface area (Å²) in [5.41, 5.74) is 8.09. The van der Waals surface area contributed by atoms with Crippen LogP contribution in [0.4, 0.5) is 28.4 Å². The molecule has 264 valence electrons. The summed E-state index contributed by atoms with van der Waals surface area (Å²) in [5, 5.41) is 20.5. The quantitative estimate of drug-likeness (QED) is 0.0394. The summed E-state index contributed by atoms with van der Waals surface area (Å²) in [6, 6.07) is 40.3. The van der Waals surface area contributed by atoms with Crippen LogP contribution in [0.1, 0.15) is 0 Å². The number of thioether (sulfide) groups is 1. The molecule has 1 aliphatic heterocycles. The summed E-state index contributed by atoms with van der Waals surface area (Å²) in [5.74, 6) is 0.804. The Balaban J connectivity index is 0.919. The largest absolute Gasteiger partial charge is 0.379 e. The number of hydrogen-bond donors (Lipinski definition) is 2. The Bertz CT molecular complexity index is 2120. The average Bonchev–Trinajstić information content (AvgIpc) is 3.58. The molecule has 0 aliphatic carbocycles. The number of nitrogens with zero attached hydrogens (tertiary/aromatic N) is 5. The number of aromatic nitrogens is 2. The van der Waals surface area contributed by atoms with Crippen molar-refractivity contribution in [2.45, 2.75) is 9.79 Å². The first-order valence-corrected chi connectivity index (χ1v) is 19.2. The van der Waals surface area contributed by atoms with E-state index >= 15 is 0 Å². The summed E-state index contributed by atoms with van der Waals surface area (Å²) >= 11 is 9.22. The molecule has 7 rings (SSSR count). The summed E-state index contributed by atoms with van der Waals surface area (Å²) < 4.78 is 5.21. The number of nitrogens with one attached hydrogen (secondary N) is 2. The zero-order valence-corrected chi connectivity index (χ0v) is 31.0. The van der Waals surface area contributed by atoms with Gasteiger partial charge in [0.1, 0.15) is 11.4 Å². The van der Waals surface area contributed by atoms with Crippen LogP contribution in [0, 0.1) is 10.1 Å². The smallest absolute Gasteiger partial charge is 0.293 e. The molecule has 0 amide bonds. The van der Waals surface area contributed by atoms with Gasteiger partial charge in [-0.2, -0.15) is 5.10 Å². The maximum atomic E-state index is 11.9. The molecule has 52 heavy (non-hydrogen) atoms. The lowest BCUT2D eigenvalue weighted by molar-refractivity contribution is -0.384. The summed E-state index contributed by atoms with van der Waals surface area (Å²) in [6.45, 7) is 4.25. The van der Waals surface area contributed by atoms with E-state index in [0.717, 1.165) is 64.9 Å². The van der Waals surface area contributed by atoms with Gasteiger partial charge in [0.25, 0.3) is 5.69 Å². The number of halogens is 1. The minimum Gasteiger partial charge on any atom is -0.379 e. The van der Waals surface area contributed by atoms with E-state index in [2.05, 4.69) is 86.7 Å². The van der Waals surface area contributed by atoms with Gasteiger partial charge in [-0.25, -0.2) is 0 Å². The first-order chi connectivity index (χ1) is 25.4. The highest BCUT2D eigenvalue weighted by molar-refractivity contribution is 8.00. The zero-order chi connectivity index (χ0) is 35.9. The van der Waals surface area contributed by atoms with Crippen molar-refractivity contribution in [2.24, 2.45) is 7.05 Å². The van der Waals surface area contributed by atoms with Gasteiger partial charge in [-0.05, 0) is 90.3 Å². The summed E-state index contributed by atoms with van der Waals surface area (Å²) in [4.78, 5) is 18.3. The lowest BCUT2D eigenvalue weighted by Gasteiger charge is -2.37. The van der Waals surface area contributed by atoms with Crippen LogP contribution in [0.15, 0.2) is 137 Å². The Hall–Kier alpha value is -5.10. The molecular weight excluding hydrogens is 710 g/mol. The van der Waals surface area contributed by atoms with Crippen molar-refractivity contribution in [3.05, 3.63) is 143 Å². The minimum atomic E-state index is -0.332. The third kappa shape index (κ3) is 8.67. The van der Waals surface area contributed by atoms with Crippen molar-refractivity contribution >= 4 is 63.7 Å². The fourth-order valence-corrected chi connectivity index (χ4v) is 7.81. The number of piperazine rings is 1. The first-order valence-electron chi connectivity index (χ1n) is 17.0. The lowest BCUT2D eigenvalue weighted by atomic mass is 10.0. The molecule has 2 heterocycles. The van der Waals surface area contributed by atoms with E-state index in [4.69, 9.17) is 16.7 Å². The fourth-order valence-electron chi connectivity index (χ4n) is 6.22. The van der Waals surface area contributed by atoms with Crippen molar-refractivity contribution in [2.75, 3.05) is 58.3 Å². The number of anilines is 4. The van der Waals surface area contributed by atoms with Gasteiger partial charge in [0.05, 0.1) is 4.92 Å². The second-order valence-corrected chi connectivity index (χ2v) is 14.9.